The van der Waals surface area contributed by atoms with Gasteiger partial charge in [0.05, 0.1) is 25.9 Å². The van der Waals surface area contributed by atoms with Crippen molar-refractivity contribution in [3.8, 4) is 17.6 Å². The van der Waals surface area contributed by atoms with Crippen molar-refractivity contribution in [3.63, 3.8) is 0 Å². The van der Waals surface area contributed by atoms with Gasteiger partial charge in [-0.3, -0.25) is 0 Å². The van der Waals surface area contributed by atoms with Gasteiger partial charge in [-0.05, 0) is 48.9 Å². The number of hydrogen-bond acceptors (Lipinski definition) is 4. The quantitative estimate of drug-likeness (QED) is 0.778. The molecule has 0 bridgehead atoms. The molecule has 0 amide bonds. The van der Waals surface area contributed by atoms with Crippen molar-refractivity contribution >= 4 is 11.3 Å². The maximum atomic E-state index is 9.57. The Bertz CT molecular complexity index is 906. The van der Waals surface area contributed by atoms with E-state index < -0.39 is 0 Å². The molecular formula is C21H19NO3. The lowest BCUT2D eigenvalue weighted by Gasteiger charge is -2.25. The molecule has 0 saturated carbocycles. The minimum absolute atomic E-state index is 0.115. The second kappa shape index (κ2) is 6.74. The Kier molecular flexibility index (Phi) is 4.49. The van der Waals surface area contributed by atoms with E-state index in [2.05, 4.69) is 12.6 Å². The lowest BCUT2D eigenvalue weighted by atomic mass is 9.89. The molecule has 126 valence electrons. The van der Waals surface area contributed by atoms with E-state index in [4.69, 9.17) is 14.2 Å². The van der Waals surface area contributed by atoms with Crippen molar-refractivity contribution < 1.29 is 14.2 Å². The topological polar surface area (TPSA) is 51.5 Å². The summed E-state index contributed by atoms with van der Waals surface area (Å²) in [5.74, 6) is 1.98. The van der Waals surface area contributed by atoms with Gasteiger partial charge in [0.25, 0.3) is 0 Å². The van der Waals surface area contributed by atoms with E-state index in [1.54, 1.807) is 20.3 Å². The normalized spacial score (nSPS) is 15.3. The van der Waals surface area contributed by atoms with E-state index in [-0.39, 0.29) is 6.10 Å². The minimum Gasteiger partial charge on any atom is -0.497 e. The van der Waals surface area contributed by atoms with Gasteiger partial charge >= 0.3 is 0 Å². The minimum atomic E-state index is -0.115. The number of ether oxygens (including phenoxy) is 3. The first-order chi connectivity index (χ1) is 12.1. The Hall–Kier alpha value is -3.19. The highest BCUT2D eigenvalue weighted by Crippen LogP contribution is 2.41. The van der Waals surface area contributed by atoms with Crippen LogP contribution < -0.4 is 9.47 Å². The number of benzene rings is 2. The summed E-state index contributed by atoms with van der Waals surface area (Å²) in [5, 5.41) is 9.57. The van der Waals surface area contributed by atoms with Gasteiger partial charge in [0.1, 0.15) is 23.4 Å². The van der Waals surface area contributed by atoms with Gasteiger partial charge in [0, 0.05) is 16.7 Å². The first-order valence-corrected chi connectivity index (χ1v) is 7.92. The Morgan fingerprint density at radius 2 is 2.04 bits per heavy atom. The van der Waals surface area contributed by atoms with E-state index in [1.807, 2.05) is 43.3 Å². The molecule has 1 heterocycles. The molecule has 2 aromatic rings. The van der Waals surface area contributed by atoms with E-state index >= 15 is 0 Å². The van der Waals surface area contributed by atoms with Crippen LogP contribution in [0.3, 0.4) is 0 Å². The maximum Gasteiger partial charge on any atom is 0.128 e. The van der Waals surface area contributed by atoms with Gasteiger partial charge < -0.3 is 14.2 Å². The summed E-state index contributed by atoms with van der Waals surface area (Å²) in [6, 6.07) is 13.5. The van der Waals surface area contributed by atoms with Crippen molar-refractivity contribution in [2.24, 2.45) is 0 Å². The zero-order valence-corrected chi connectivity index (χ0v) is 14.5. The van der Waals surface area contributed by atoms with Crippen molar-refractivity contribution in [1.82, 2.24) is 0 Å². The molecule has 0 saturated heterocycles. The number of methoxy groups -OCH3 is 2. The van der Waals surface area contributed by atoms with Gasteiger partial charge in [-0.15, -0.1) is 0 Å². The van der Waals surface area contributed by atoms with Crippen LogP contribution in [-0.2, 0) is 4.74 Å². The van der Waals surface area contributed by atoms with Crippen LogP contribution in [0.4, 0.5) is 0 Å². The zero-order valence-electron chi connectivity index (χ0n) is 14.5. The fourth-order valence-electron chi connectivity index (χ4n) is 2.98. The molecule has 4 nitrogen and oxygen atoms in total. The van der Waals surface area contributed by atoms with Crippen LogP contribution in [0.25, 0.3) is 11.3 Å². The van der Waals surface area contributed by atoms with E-state index in [9.17, 15) is 5.26 Å². The van der Waals surface area contributed by atoms with Gasteiger partial charge in [0.2, 0.25) is 0 Å². The first kappa shape index (κ1) is 16.7. The first-order valence-electron chi connectivity index (χ1n) is 7.92. The highest BCUT2D eigenvalue weighted by Gasteiger charge is 2.24. The van der Waals surface area contributed by atoms with Crippen LogP contribution in [0, 0.1) is 11.3 Å². The Morgan fingerprint density at radius 3 is 2.72 bits per heavy atom. The summed E-state index contributed by atoms with van der Waals surface area (Å²) >= 11 is 0. The highest BCUT2D eigenvalue weighted by atomic mass is 16.5. The second-order valence-electron chi connectivity index (χ2n) is 5.74. The number of nitrogens with zero attached hydrogens (tertiary/aromatic N) is 1. The smallest absolute Gasteiger partial charge is 0.128 e. The lowest BCUT2D eigenvalue weighted by molar-refractivity contribution is 0.265. The van der Waals surface area contributed by atoms with Gasteiger partial charge in [-0.1, -0.05) is 12.6 Å². The average molecular weight is 333 g/mol. The van der Waals surface area contributed by atoms with Crippen molar-refractivity contribution in [2.45, 2.75) is 13.0 Å². The lowest BCUT2D eigenvalue weighted by Crippen LogP contribution is -2.16. The largest absolute Gasteiger partial charge is 0.497 e. The number of fused-ring (bicyclic) bond motifs is 1. The number of rotatable bonds is 4. The number of hydrogen-bond donors (Lipinski definition) is 0. The summed E-state index contributed by atoms with van der Waals surface area (Å²) < 4.78 is 16.7. The molecule has 3 rings (SSSR count). The van der Waals surface area contributed by atoms with Crippen molar-refractivity contribution in [2.75, 3.05) is 14.2 Å². The van der Waals surface area contributed by atoms with Gasteiger partial charge in [-0.25, -0.2) is 0 Å². The predicted molar refractivity (Wildman–Crippen MR) is 97.4 cm³/mol. The van der Waals surface area contributed by atoms with Crippen molar-refractivity contribution in [1.29, 1.82) is 5.26 Å². The van der Waals surface area contributed by atoms with Crippen molar-refractivity contribution in [3.05, 3.63) is 71.3 Å². The number of nitriles is 1. The molecule has 1 aliphatic rings. The molecule has 0 aromatic heterocycles. The molecule has 0 aliphatic carbocycles. The molecule has 0 radical (unpaired) electrons. The Labute approximate surface area is 147 Å². The molecule has 2 aromatic carbocycles. The monoisotopic (exact) mass is 333 g/mol. The van der Waals surface area contributed by atoms with Crippen LogP contribution in [0.5, 0.6) is 11.5 Å². The van der Waals surface area contributed by atoms with Gasteiger partial charge in [0.15, 0.2) is 0 Å². The summed E-state index contributed by atoms with van der Waals surface area (Å²) in [5.41, 5.74) is 3.98. The highest BCUT2D eigenvalue weighted by molar-refractivity contribution is 5.90. The van der Waals surface area contributed by atoms with Crippen LogP contribution in [0.1, 0.15) is 29.2 Å². The maximum absolute atomic E-state index is 9.57. The fraction of sp³-hybridized carbons (Fsp3) is 0.190. The molecule has 25 heavy (non-hydrogen) atoms. The fourth-order valence-corrected chi connectivity index (χ4v) is 2.98. The predicted octanol–water partition coefficient (Wildman–Crippen LogP) is 4.40. The van der Waals surface area contributed by atoms with E-state index in [0.29, 0.717) is 17.1 Å². The molecule has 0 N–H and O–H groups in total. The molecule has 1 aliphatic heterocycles. The van der Waals surface area contributed by atoms with Crippen LogP contribution >= 0.6 is 0 Å². The summed E-state index contributed by atoms with van der Waals surface area (Å²) in [6.07, 6.45) is 1.89. The SMILES string of the molecule is C=C(OC)c1ccc2c(c1)C(c1c(C#N)cccc1OC)=CC(C)O2. The molecule has 1 unspecified atom stereocenters. The third-order valence-corrected chi connectivity index (χ3v) is 4.19. The van der Waals surface area contributed by atoms with Gasteiger partial charge in [-0.2, -0.15) is 5.26 Å². The molecule has 0 fully saturated rings. The molecule has 0 spiro atoms. The zero-order chi connectivity index (χ0) is 18.0. The van der Waals surface area contributed by atoms with Crippen LogP contribution in [-0.4, -0.2) is 20.3 Å². The third kappa shape index (κ3) is 2.97. The molecule has 4 heteroatoms. The Morgan fingerprint density at radius 1 is 1.24 bits per heavy atom. The van der Waals surface area contributed by atoms with Crippen LogP contribution in [0.15, 0.2) is 49.1 Å². The summed E-state index contributed by atoms with van der Waals surface area (Å²) in [4.78, 5) is 0. The third-order valence-electron chi connectivity index (χ3n) is 4.19. The second-order valence-corrected chi connectivity index (χ2v) is 5.74. The standard InChI is InChI=1S/C21H19NO3/c1-13-10-18(21-16(12-22)6-5-7-20(21)24-4)17-11-15(14(2)23-3)8-9-19(17)25-13/h5-11,13H,2H2,1,3-4H3. The average Bonchev–Trinajstić information content (AvgIpc) is 2.65. The Balaban J connectivity index is 2.25. The molecular weight excluding hydrogens is 314 g/mol. The van der Waals surface area contributed by atoms with Crippen LogP contribution in [0.2, 0.25) is 0 Å². The summed E-state index contributed by atoms with van der Waals surface area (Å²) in [6.45, 7) is 5.88. The summed E-state index contributed by atoms with van der Waals surface area (Å²) in [7, 11) is 3.19. The van der Waals surface area contributed by atoms with E-state index in [0.717, 1.165) is 28.0 Å². The molecule has 1 atom stereocenters. The van der Waals surface area contributed by atoms with E-state index in [1.165, 1.54) is 0 Å².